The van der Waals surface area contributed by atoms with Gasteiger partial charge in [0.1, 0.15) is 36.3 Å². The van der Waals surface area contributed by atoms with Crippen molar-refractivity contribution in [2.24, 2.45) is 23.5 Å². The van der Waals surface area contributed by atoms with Crippen molar-refractivity contribution in [3.8, 4) is 0 Å². The first-order valence-electron chi connectivity index (χ1n) is 21.7. The minimum Gasteiger partial charge on any atom is -0.481 e. The molecule has 2 heterocycles. The summed E-state index contributed by atoms with van der Waals surface area (Å²) in [5.74, 6) is -7.57. The normalized spacial score (nSPS) is 14.6. The number of aromatic amines is 2. The lowest BCUT2D eigenvalue weighted by Gasteiger charge is -2.28. The summed E-state index contributed by atoms with van der Waals surface area (Å²) in [6, 6.07) is -0.110. The molecule has 0 spiro atoms. The molecule has 356 valence electrons. The van der Waals surface area contributed by atoms with E-state index in [2.05, 4.69) is 51.8 Å². The van der Waals surface area contributed by atoms with Crippen molar-refractivity contribution in [3.63, 3.8) is 0 Å². The zero-order valence-corrected chi connectivity index (χ0v) is 37.8. The number of carbonyl (C=O) groups excluding carboxylic acids is 6. The molecule has 0 aliphatic carbocycles. The lowest BCUT2D eigenvalue weighted by molar-refractivity contribution is -0.142. The van der Waals surface area contributed by atoms with Crippen LogP contribution in [-0.4, -0.2) is 120 Å². The van der Waals surface area contributed by atoms with Gasteiger partial charge in [0.25, 0.3) is 0 Å². The molecular formula is C44H65N11O10. The van der Waals surface area contributed by atoms with Crippen LogP contribution in [0, 0.1) is 17.8 Å². The van der Waals surface area contributed by atoms with Crippen LogP contribution in [0.2, 0.25) is 0 Å². The number of hydrogen-bond acceptors (Lipinski definition) is 11. The largest absolute Gasteiger partial charge is 0.481 e. The Balaban J connectivity index is 1.84. The molecule has 2 aromatic heterocycles. The summed E-state index contributed by atoms with van der Waals surface area (Å²) in [5, 5.41) is 35.2. The van der Waals surface area contributed by atoms with E-state index in [0.717, 1.165) is 0 Å². The van der Waals surface area contributed by atoms with E-state index in [1.54, 1.807) is 30.3 Å². The van der Waals surface area contributed by atoms with Gasteiger partial charge in [0, 0.05) is 49.5 Å². The number of carboxylic acids is 2. The molecule has 0 fully saturated rings. The van der Waals surface area contributed by atoms with Gasteiger partial charge < -0.3 is 57.8 Å². The number of amides is 6. The Bertz CT molecular complexity index is 2010. The predicted octanol–water partition coefficient (Wildman–Crippen LogP) is 0.484. The average Bonchev–Trinajstić information content (AvgIpc) is 3.95. The van der Waals surface area contributed by atoms with Crippen LogP contribution < -0.4 is 37.6 Å². The van der Waals surface area contributed by atoms with Crippen molar-refractivity contribution >= 4 is 47.4 Å². The summed E-state index contributed by atoms with van der Waals surface area (Å²) < 4.78 is 0. The van der Waals surface area contributed by atoms with Crippen LogP contribution in [0.3, 0.4) is 0 Å². The molecule has 3 rings (SSSR count). The molecule has 21 nitrogen and oxygen atoms in total. The van der Waals surface area contributed by atoms with E-state index < -0.39 is 103 Å². The predicted molar refractivity (Wildman–Crippen MR) is 237 cm³/mol. The van der Waals surface area contributed by atoms with Crippen molar-refractivity contribution in [2.45, 2.75) is 135 Å². The smallest absolute Gasteiger partial charge is 0.326 e. The fourth-order valence-electron chi connectivity index (χ4n) is 6.89. The van der Waals surface area contributed by atoms with Crippen molar-refractivity contribution < 1.29 is 48.6 Å². The fraction of sp³-hybridized carbons (Fsp3) is 0.545. The molecule has 0 unspecified atom stereocenters. The number of aliphatic carboxylic acids is 2. The van der Waals surface area contributed by atoms with Crippen molar-refractivity contribution in [1.29, 1.82) is 0 Å². The maximum Gasteiger partial charge on any atom is 0.326 e. The number of rotatable bonds is 28. The highest BCUT2D eigenvalue weighted by molar-refractivity contribution is 5.97. The first-order chi connectivity index (χ1) is 30.7. The van der Waals surface area contributed by atoms with E-state index >= 15 is 0 Å². The number of H-pyrrole nitrogens is 2. The SMILES string of the molecule is CC(C)C[C@H](NC(=O)[C@H](CC(C)C)NC(=O)[C@H](Cc1cnc[nH]1)NC(=O)[C@H](CCC(=O)O)NC(=O)[C@H](CC(C)C)NC(=O)[C@@H](N)Cc1cnc[nH]1)C(=O)N[C@@H](Cc1ccccc1)C(=O)O. The lowest BCUT2D eigenvalue weighted by Crippen LogP contribution is -2.60. The summed E-state index contributed by atoms with van der Waals surface area (Å²) >= 11 is 0. The number of hydrogen-bond donors (Lipinski definition) is 11. The monoisotopic (exact) mass is 907 g/mol. The Morgan fingerprint density at radius 3 is 1.37 bits per heavy atom. The third-order valence-corrected chi connectivity index (χ3v) is 10.1. The molecule has 65 heavy (non-hydrogen) atoms. The number of nitrogens with two attached hydrogens (primary N) is 1. The third-order valence-electron chi connectivity index (χ3n) is 10.1. The number of nitrogens with one attached hydrogen (secondary N) is 8. The first-order valence-corrected chi connectivity index (χ1v) is 21.7. The number of carboxylic acid groups (broad SMARTS) is 2. The molecule has 0 saturated carbocycles. The summed E-state index contributed by atoms with van der Waals surface area (Å²) in [6.07, 6.45) is 5.07. The zero-order valence-electron chi connectivity index (χ0n) is 37.8. The maximum atomic E-state index is 14.2. The molecule has 0 saturated heterocycles. The number of imidazole rings is 2. The minimum atomic E-state index is -1.50. The summed E-state index contributed by atoms with van der Waals surface area (Å²) in [7, 11) is 0. The molecular weight excluding hydrogens is 843 g/mol. The average molecular weight is 908 g/mol. The Kier molecular flexibility index (Phi) is 21.3. The van der Waals surface area contributed by atoms with E-state index in [9.17, 15) is 48.6 Å². The van der Waals surface area contributed by atoms with Gasteiger partial charge in [0.15, 0.2) is 0 Å². The van der Waals surface area contributed by atoms with Crippen molar-refractivity contribution in [3.05, 3.63) is 72.3 Å². The molecule has 7 atom stereocenters. The van der Waals surface area contributed by atoms with Crippen LogP contribution in [0.5, 0.6) is 0 Å². The summed E-state index contributed by atoms with van der Waals surface area (Å²) in [4.78, 5) is 120. The molecule has 12 N–H and O–H groups in total. The van der Waals surface area contributed by atoms with E-state index in [1.807, 2.05) is 41.5 Å². The second-order valence-electron chi connectivity index (χ2n) is 17.4. The van der Waals surface area contributed by atoms with Gasteiger partial charge in [-0.25, -0.2) is 14.8 Å². The van der Waals surface area contributed by atoms with Gasteiger partial charge in [0.2, 0.25) is 35.4 Å². The minimum absolute atomic E-state index is 0.00232. The number of nitrogens with zero attached hydrogens (tertiary/aromatic N) is 2. The van der Waals surface area contributed by atoms with Crippen molar-refractivity contribution in [2.75, 3.05) is 0 Å². The molecule has 0 aliphatic rings. The van der Waals surface area contributed by atoms with E-state index in [-0.39, 0.29) is 56.3 Å². The molecule has 3 aromatic rings. The second-order valence-corrected chi connectivity index (χ2v) is 17.4. The van der Waals surface area contributed by atoms with Gasteiger partial charge in [-0.15, -0.1) is 0 Å². The quantitative estimate of drug-likeness (QED) is 0.0473. The van der Waals surface area contributed by atoms with Crippen LogP contribution in [-0.2, 0) is 57.6 Å². The van der Waals surface area contributed by atoms with Gasteiger partial charge in [0.05, 0.1) is 18.7 Å². The first kappa shape index (κ1) is 52.7. The number of benzene rings is 1. The molecule has 6 amide bonds. The molecule has 0 bridgehead atoms. The maximum absolute atomic E-state index is 14.2. The van der Waals surface area contributed by atoms with E-state index in [1.165, 1.54) is 25.0 Å². The zero-order chi connectivity index (χ0) is 48.2. The molecule has 0 aliphatic heterocycles. The third kappa shape index (κ3) is 18.9. The van der Waals surface area contributed by atoms with Crippen molar-refractivity contribution in [1.82, 2.24) is 51.8 Å². The highest BCUT2D eigenvalue weighted by atomic mass is 16.4. The van der Waals surface area contributed by atoms with Crippen LogP contribution in [0.4, 0.5) is 0 Å². The Labute approximate surface area is 378 Å². The lowest BCUT2D eigenvalue weighted by atomic mass is 9.99. The second kappa shape index (κ2) is 26.2. The Hall–Kier alpha value is -6.64. The van der Waals surface area contributed by atoms with Gasteiger partial charge in [-0.2, -0.15) is 0 Å². The van der Waals surface area contributed by atoms with Crippen LogP contribution in [0.1, 0.15) is 90.6 Å². The summed E-state index contributed by atoms with van der Waals surface area (Å²) in [6.45, 7) is 10.9. The molecule has 21 heteroatoms. The highest BCUT2D eigenvalue weighted by Gasteiger charge is 2.35. The standard InChI is InChI=1S/C44H65N11O10/c1-24(2)14-32(51-38(58)30(45)18-28-20-46-22-48-28)40(60)50-31(12-13-37(56)57)39(59)54-35(19-29-21-47-23-49-29)43(63)53-33(15-25(3)4)41(61)52-34(16-26(5)6)42(62)55-36(44(64)65)17-27-10-8-7-9-11-27/h7-11,20-26,30-36H,12-19,45H2,1-6H3,(H,46,48)(H,47,49)(H,50,60)(H,51,58)(H,52,61)(H,53,63)(H,54,59)(H,55,62)(H,56,57)(H,64,65)/t30-,31-,32-,33-,34-,35-,36-/m0/s1. The van der Waals surface area contributed by atoms with Crippen LogP contribution in [0.25, 0.3) is 0 Å². The van der Waals surface area contributed by atoms with Gasteiger partial charge in [-0.05, 0) is 49.0 Å². The van der Waals surface area contributed by atoms with E-state index in [4.69, 9.17) is 5.73 Å². The molecule has 1 aromatic carbocycles. The number of carbonyl (C=O) groups is 8. The summed E-state index contributed by atoms with van der Waals surface area (Å²) in [5.41, 5.74) is 7.80. The topological polar surface area (TPSA) is 333 Å². The Morgan fingerprint density at radius 1 is 0.538 bits per heavy atom. The fourth-order valence-corrected chi connectivity index (χ4v) is 6.89. The van der Waals surface area contributed by atoms with Gasteiger partial charge in [-0.1, -0.05) is 71.9 Å². The molecule has 0 radical (unpaired) electrons. The van der Waals surface area contributed by atoms with Crippen LogP contribution in [0.15, 0.2) is 55.4 Å². The van der Waals surface area contributed by atoms with Crippen LogP contribution >= 0.6 is 0 Å². The Morgan fingerprint density at radius 2 is 0.938 bits per heavy atom. The number of aromatic nitrogens is 4. The van der Waals surface area contributed by atoms with Gasteiger partial charge >= 0.3 is 11.9 Å². The van der Waals surface area contributed by atoms with E-state index in [0.29, 0.717) is 17.0 Å². The van der Waals surface area contributed by atoms with Gasteiger partial charge in [-0.3, -0.25) is 33.6 Å². The highest BCUT2D eigenvalue weighted by Crippen LogP contribution is 2.13.